The van der Waals surface area contributed by atoms with Crippen molar-refractivity contribution in [1.82, 2.24) is 29.3 Å². The van der Waals surface area contributed by atoms with Crippen molar-refractivity contribution in [3.05, 3.63) is 66.9 Å². The molecule has 6 rings (SSSR count). The maximum atomic E-state index is 4.86. The fourth-order valence-electron chi connectivity index (χ4n) is 3.84. The summed E-state index contributed by atoms with van der Waals surface area (Å²) in [4.78, 5) is 13.8. The van der Waals surface area contributed by atoms with Gasteiger partial charge in [-0.15, -0.1) is 0 Å². The topological polar surface area (TPSA) is 73.5 Å². The second kappa shape index (κ2) is 6.13. The SMILES string of the molecule is Cn1c(C2CC2)nc2cc(Nc3ncnc4c3cnn4-c3ccccc3)ccc21. The molecular formula is C22H19N7. The number of hydrogen-bond donors (Lipinski definition) is 1. The van der Waals surface area contributed by atoms with E-state index in [1.54, 1.807) is 12.5 Å². The van der Waals surface area contributed by atoms with Crippen LogP contribution >= 0.6 is 0 Å². The third-order valence-electron chi connectivity index (χ3n) is 5.49. The number of fused-ring (bicyclic) bond motifs is 2. The van der Waals surface area contributed by atoms with Gasteiger partial charge >= 0.3 is 0 Å². The van der Waals surface area contributed by atoms with E-state index in [1.165, 1.54) is 18.7 Å². The van der Waals surface area contributed by atoms with Gasteiger partial charge in [0.25, 0.3) is 0 Å². The summed E-state index contributed by atoms with van der Waals surface area (Å²) in [5.74, 6) is 2.54. The second-order valence-corrected chi connectivity index (χ2v) is 7.48. The Morgan fingerprint density at radius 2 is 1.90 bits per heavy atom. The molecule has 1 saturated carbocycles. The van der Waals surface area contributed by atoms with Crippen LogP contribution in [0.25, 0.3) is 27.8 Å². The fourth-order valence-corrected chi connectivity index (χ4v) is 3.84. The van der Waals surface area contributed by atoms with Crippen LogP contribution in [0.3, 0.4) is 0 Å². The molecule has 0 atom stereocenters. The Morgan fingerprint density at radius 3 is 2.72 bits per heavy atom. The molecule has 0 aliphatic heterocycles. The molecule has 0 saturated heterocycles. The molecule has 0 amide bonds. The van der Waals surface area contributed by atoms with Crippen molar-refractivity contribution >= 4 is 33.6 Å². The van der Waals surface area contributed by atoms with Crippen LogP contribution in [0.5, 0.6) is 0 Å². The minimum absolute atomic E-state index is 0.620. The molecule has 1 N–H and O–H groups in total. The van der Waals surface area contributed by atoms with Crippen molar-refractivity contribution in [3.63, 3.8) is 0 Å². The number of para-hydroxylation sites is 1. The first-order valence-corrected chi connectivity index (χ1v) is 9.75. The van der Waals surface area contributed by atoms with Crippen LogP contribution in [0.15, 0.2) is 61.1 Å². The van der Waals surface area contributed by atoms with Gasteiger partial charge in [0, 0.05) is 18.7 Å². The predicted octanol–water partition coefficient (Wildman–Crippen LogP) is 4.32. The van der Waals surface area contributed by atoms with Crippen LogP contribution in [0.2, 0.25) is 0 Å². The molecule has 0 unspecified atom stereocenters. The largest absolute Gasteiger partial charge is 0.339 e. The quantitative estimate of drug-likeness (QED) is 0.502. The highest BCUT2D eigenvalue weighted by molar-refractivity contribution is 5.90. The molecule has 0 radical (unpaired) electrons. The molecule has 1 fully saturated rings. The van der Waals surface area contributed by atoms with Crippen LogP contribution in [0.1, 0.15) is 24.6 Å². The van der Waals surface area contributed by atoms with Gasteiger partial charge in [-0.05, 0) is 43.2 Å². The van der Waals surface area contributed by atoms with Crippen LogP contribution in [-0.4, -0.2) is 29.3 Å². The maximum Gasteiger partial charge on any atom is 0.168 e. The van der Waals surface area contributed by atoms with Gasteiger partial charge in [0.2, 0.25) is 0 Å². The first kappa shape index (κ1) is 16.2. The van der Waals surface area contributed by atoms with Crippen LogP contribution < -0.4 is 5.32 Å². The van der Waals surface area contributed by atoms with E-state index in [2.05, 4.69) is 50.2 Å². The molecule has 0 bridgehead atoms. The molecule has 7 heteroatoms. The molecular weight excluding hydrogens is 362 g/mol. The van der Waals surface area contributed by atoms with Crippen molar-refractivity contribution in [1.29, 1.82) is 0 Å². The number of anilines is 2. The summed E-state index contributed by atoms with van der Waals surface area (Å²) in [7, 11) is 2.10. The van der Waals surface area contributed by atoms with Gasteiger partial charge in [0.1, 0.15) is 18.0 Å². The number of aryl methyl sites for hydroxylation is 1. The maximum absolute atomic E-state index is 4.86. The minimum Gasteiger partial charge on any atom is -0.339 e. The van der Waals surface area contributed by atoms with E-state index in [0.717, 1.165) is 39.3 Å². The third-order valence-corrected chi connectivity index (χ3v) is 5.49. The van der Waals surface area contributed by atoms with Crippen molar-refractivity contribution in [3.8, 4) is 5.69 Å². The molecule has 5 aromatic rings. The number of benzene rings is 2. The summed E-state index contributed by atoms with van der Waals surface area (Å²) in [6.07, 6.45) is 5.85. The van der Waals surface area contributed by atoms with Crippen LogP contribution in [0, 0.1) is 0 Å². The Bertz CT molecular complexity index is 1350. The van der Waals surface area contributed by atoms with Gasteiger partial charge in [0.15, 0.2) is 5.65 Å². The van der Waals surface area contributed by atoms with Crippen molar-refractivity contribution in [2.75, 3.05) is 5.32 Å². The molecule has 3 heterocycles. The number of rotatable bonds is 4. The van der Waals surface area contributed by atoms with Crippen LogP contribution in [-0.2, 0) is 7.05 Å². The molecule has 0 spiro atoms. The first-order chi connectivity index (χ1) is 14.3. The summed E-state index contributed by atoms with van der Waals surface area (Å²) < 4.78 is 4.04. The van der Waals surface area contributed by atoms with Gasteiger partial charge in [0.05, 0.1) is 28.3 Å². The van der Waals surface area contributed by atoms with Crippen molar-refractivity contribution < 1.29 is 0 Å². The van der Waals surface area contributed by atoms with E-state index >= 15 is 0 Å². The number of hydrogen-bond acceptors (Lipinski definition) is 5. The number of nitrogens with one attached hydrogen (secondary N) is 1. The minimum atomic E-state index is 0.620. The van der Waals surface area contributed by atoms with Crippen molar-refractivity contribution in [2.24, 2.45) is 7.05 Å². The smallest absolute Gasteiger partial charge is 0.168 e. The lowest BCUT2D eigenvalue weighted by molar-refractivity contribution is 0.820. The van der Waals surface area contributed by atoms with E-state index in [-0.39, 0.29) is 0 Å². The molecule has 1 aliphatic rings. The van der Waals surface area contributed by atoms with Gasteiger partial charge in [-0.1, -0.05) is 18.2 Å². The standard InChI is InChI=1S/C22H19N7/c1-28-19-10-9-15(11-18(19)27-21(28)14-7-8-14)26-20-17-12-25-29(22(17)24-13-23-20)16-5-3-2-4-6-16/h2-6,9-14H,7-8H2,1H3,(H,23,24,26). The molecule has 29 heavy (non-hydrogen) atoms. The zero-order chi connectivity index (χ0) is 19.4. The molecule has 3 aromatic heterocycles. The lowest BCUT2D eigenvalue weighted by Gasteiger charge is -2.07. The summed E-state index contributed by atoms with van der Waals surface area (Å²) in [6, 6.07) is 16.2. The van der Waals surface area contributed by atoms with Gasteiger partial charge < -0.3 is 9.88 Å². The number of imidazole rings is 1. The summed E-state index contributed by atoms with van der Waals surface area (Å²) in [6.45, 7) is 0. The van der Waals surface area contributed by atoms with Gasteiger partial charge in [-0.3, -0.25) is 0 Å². The Kier molecular flexibility index (Phi) is 3.43. The summed E-state index contributed by atoms with van der Waals surface area (Å²) in [5, 5.41) is 8.81. The molecule has 2 aromatic carbocycles. The Hall–Kier alpha value is -3.74. The second-order valence-electron chi connectivity index (χ2n) is 7.48. The van der Waals surface area contributed by atoms with E-state index < -0.39 is 0 Å². The van der Waals surface area contributed by atoms with Gasteiger partial charge in [-0.2, -0.15) is 5.10 Å². The molecule has 1 aliphatic carbocycles. The third kappa shape index (κ3) is 2.66. The zero-order valence-electron chi connectivity index (χ0n) is 15.9. The van der Waals surface area contributed by atoms with Gasteiger partial charge in [-0.25, -0.2) is 19.6 Å². The lowest BCUT2D eigenvalue weighted by Crippen LogP contribution is -1.99. The molecule has 7 nitrogen and oxygen atoms in total. The highest BCUT2D eigenvalue weighted by Gasteiger charge is 2.28. The lowest BCUT2D eigenvalue weighted by atomic mass is 10.2. The Labute approximate surface area is 167 Å². The summed E-state index contributed by atoms with van der Waals surface area (Å²) >= 11 is 0. The van der Waals surface area contributed by atoms with Crippen molar-refractivity contribution in [2.45, 2.75) is 18.8 Å². The number of aromatic nitrogens is 6. The fraction of sp³-hybridized carbons (Fsp3) is 0.182. The Morgan fingerprint density at radius 1 is 1.03 bits per heavy atom. The average molecular weight is 381 g/mol. The predicted molar refractivity (Wildman–Crippen MR) is 113 cm³/mol. The normalized spacial score (nSPS) is 14.0. The van der Waals surface area contributed by atoms with E-state index in [9.17, 15) is 0 Å². The Balaban J connectivity index is 1.39. The first-order valence-electron chi connectivity index (χ1n) is 9.75. The average Bonchev–Trinajstić information content (AvgIpc) is 3.42. The van der Waals surface area contributed by atoms with E-state index in [0.29, 0.717) is 5.92 Å². The molecule has 142 valence electrons. The monoisotopic (exact) mass is 381 g/mol. The zero-order valence-corrected chi connectivity index (χ0v) is 15.9. The highest BCUT2D eigenvalue weighted by Crippen LogP contribution is 2.40. The van der Waals surface area contributed by atoms with E-state index in [4.69, 9.17) is 4.98 Å². The number of nitrogens with zero attached hydrogens (tertiary/aromatic N) is 6. The summed E-state index contributed by atoms with van der Waals surface area (Å²) in [5.41, 5.74) is 4.84. The van der Waals surface area contributed by atoms with E-state index in [1.807, 2.05) is 35.0 Å². The highest BCUT2D eigenvalue weighted by atomic mass is 15.3. The van der Waals surface area contributed by atoms with Crippen LogP contribution in [0.4, 0.5) is 11.5 Å².